The molecule has 1 saturated carbocycles. The van der Waals surface area contributed by atoms with E-state index in [1.807, 2.05) is 0 Å². The molecule has 0 aromatic heterocycles. The maximum Gasteiger partial charge on any atom is 0.141 e. The van der Waals surface area contributed by atoms with Crippen molar-refractivity contribution in [3.05, 3.63) is 28.3 Å². The van der Waals surface area contributed by atoms with Gasteiger partial charge in [-0.2, -0.15) is 0 Å². The summed E-state index contributed by atoms with van der Waals surface area (Å²) in [5.41, 5.74) is 2.58. The topological polar surface area (TPSA) is 21.7 Å². The summed E-state index contributed by atoms with van der Waals surface area (Å²) in [6.45, 7) is 7.97. The molecule has 0 unspecified atom stereocenters. The van der Waals surface area contributed by atoms with Crippen LogP contribution in [-0.2, 0) is 17.6 Å². The average molecular weight is 338 g/mol. The van der Waals surface area contributed by atoms with Crippen molar-refractivity contribution >= 4 is 11.6 Å². The zero-order valence-electron chi connectivity index (χ0n) is 14.2. The van der Waals surface area contributed by atoms with E-state index in [1.54, 1.807) is 0 Å². The van der Waals surface area contributed by atoms with Crippen LogP contribution in [0.5, 0.6) is 5.75 Å². The molecule has 3 rings (SSSR count). The summed E-state index contributed by atoms with van der Waals surface area (Å²) < 4.78 is 11.5. The minimum absolute atomic E-state index is 0.748. The van der Waals surface area contributed by atoms with Crippen LogP contribution in [0.1, 0.15) is 37.3 Å². The second kappa shape index (κ2) is 8.36. The Morgan fingerprint density at radius 2 is 2.04 bits per heavy atom. The molecule has 2 aliphatic rings. The number of ether oxygens (including phenoxy) is 2. The first-order valence-electron chi connectivity index (χ1n) is 9.00. The monoisotopic (exact) mass is 337 g/mol. The van der Waals surface area contributed by atoms with Gasteiger partial charge in [-0.15, -0.1) is 0 Å². The lowest BCUT2D eigenvalue weighted by molar-refractivity contribution is 0.0374. The van der Waals surface area contributed by atoms with Crippen molar-refractivity contribution < 1.29 is 9.47 Å². The highest BCUT2D eigenvalue weighted by atomic mass is 35.5. The minimum Gasteiger partial charge on any atom is -0.491 e. The largest absolute Gasteiger partial charge is 0.491 e. The van der Waals surface area contributed by atoms with Crippen LogP contribution in [0.15, 0.2) is 12.1 Å². The zero-order chi connectivity index (χ0) is 16.1. The van der Waals surface area contributed by atoms with Gasteiger partial charge in [0.25, 0.3) is 0 Å². The maximum atomic E-state index is 6.49. The van der Waals surface area contributed by atoms with Crippen LogP contribution in [-0.4, -0.2) is 44.4 Å². The summed E-state index contributed by atoms with van der Waals surface area (Å²) in [6, 6.07) is 4.35. The summed E-state index contributed by atoms with van der Waals surface area (Å²) >= 11 is 6.49. The SMILES string of the molecule is CCc1cc(Cl)c(OCC2CC2)c(CCCN2CCOCC2)c1. The second-order valence-electron chi connectivity index (χ2n) is 6.73. The quantitative estimate of drug-likeness (QED) is 0.716. The Labute approximate surface area is 144 Å². The van der Waals surface area contributed by atoms with Crippen molar-refractivity contribution in [1.29, 1.82) is 0 Å². The van der Waals surface area contributed by atoms with Gasteiger partial charge in [0.05, 0.1) is 24.8 Å². The van der Waals surface area contributed by atoms with Crippen molar-refractivity contribution in [2.24, 2.45) is 5.92 Å². The van der Waals surface area contributed by atoms with Gasteiger partial charge in [-0.25, -0.2) is 0 Å². The molecule has 0 N–H and O–H groups in total. The molecule has 1 saturated heterocycles. The van der Waals surface area contributed by atoms with Crippen LogP contribution in [0.2, 0.25) is 5.02 Å². The van der Waals surface area contributed by atoms with E-state index in [0.717, 1.165) is 75.4 Å². The van der Waals surface area contributed by atoms with Gasteiger partial charge in [0.1, 0.15) is 5.75 Å². The third-order valence-corrected chi connectivity index (χ3v) is 5.05. The molecule has 1 aliphatic carbocycles. The lowest BCUT2D eigenvalue weighted by Gasteiger charge is -2.26. The van der Waals surface area contributed by atoms with Gasteiger partial charge in [0.15, 0.2) is 0 Å². The lowest BCUT2D eigenvalue weighted by atomic mass is 10.0. The minimum atomic E-state index is 0.748. The van der Waals surface area contributed by atoms with E-state index in [4.69, 9.17) is 21.1 Å². The molecule has 2 fully saturated rings. The van der Waals surface area contributed by atoms with Gasteiger partial charge in [-0.1, -0.05) is 24.6 Å². The van der Waals surface area contributed by atoms with E-state index >= 15 is 0 Å². The molecule has 0 amide bonds. The van der Waals surface area contributed by atoms with Gasteiger partial charge < -0.3 is 9.47 Å². The molecule has 1 aromatic rings. The zero-order valence-corrected chi connectivity index (χ0v) is 14.9. The number of nitrogens with zero attached hydrogens (tertiary/aromatic N) is 1. The predicted octanol–water partition coefficient (Wildman–Crippen LogP) is 3.96. The fourth-order valence-electron chi connectivity index (χ4n) is 3.07. The Hall–Kier alpha value is -0.770. The van der Waals surface area contributed by atoms with E-state index in [0.29, 0.717) is 0 Å². The van der Waals surface area contributed by atoms with E-state index < -0.39 is 0 Å². The van der Waals surface area contributed by atoms with Gasteiger partial charge >= 0.3 is 0 Å². The summed E-state index contributed by atoms with van der Waals surface area (Å²) in [4.78, 5) is 2.49. The third-order valence-electron chi connectivity index (χ3n) is 4.77. The van der Waals surface area contributed by atoms with Gasteiger partial charge in [-0.05, 0) is 61.8 Å². The number of hydrogen-bond donors (Lipinski definition) is 0. The van der Waals surface area contributed by atoms with Crippen LogP contribution in [0.4, 0.5) is 0 Å². The van der Waals surface area contributed by atoms with Gasteiger partial charge in [0, 0.05) is 13.1 Å². The van der Waals surface area contributed by atoms with Crippen molar-refractivity contribution in [3.8, 4) is 5.75 Å². The van der Waals surface area contributed by atoms with Crippen molar-refractivity contribution in [3.63, 3.8) is 0 Å². The Kier molecular flexibility index (Phi) is 6.21. The van der Waals surface area contributed by atoms with Crippen LogP contribution >= 0.6 is 11.6 Å². The van der Waals surface area contributed by atoms with Crippen molar-refractivity contribution in [2.75, 3.05) is 39.5 Å². The van der Waals surface area contributed by atoms with Crippen LogP contribution in [0.25, 0.3) is 0 Å². The molecule has 0 radical (unpaired) electrons. The maximum absolute atomic E-state index is 6.49. The first-order valence-corrected chi connectivity index (χ1v) is 9.38. The lowest BCUT2D eigenvalue weighted by Crippen LogP contribution is -2.36. The molecular formula is C19H28ClNO2. The molecule has 1 heterocycles. The van der Waals surface area contributed by atoms with Crippen LogP contribution in [0.3, 0.4) is 0 Å². The number of hydrogen-bond acceptors (Lipinski definition) is 3. The van der Waals surface area contributed by atoms with E-state index in [9.17, 15) is 0 Å². The first kappa shape index (κ1) is 17.1. The van der Waals surface area contributed by atoms with Crippen LogP contribution < -0.4 is 4.74 Å². The number of morpholine rings is 1. The number of aryl methyl sites for hydroxylation is 2. The van der Waals surface area contributed by atoms with Gasteiger partial charge in [0.2, 0.25) is 0 Å². The summed E-state index contributed by atoms with van der Waals surface area (Å²) in [5, 5.41) is 0.784. The van der Waals surface area contributed by atoms with E-state index in [1.165, 1.54) is 24.0 Å². The number of benzene rings is 1. The number of rotatable bonds is 8. The Morgan fingerprint density at radius 3 is 2.74 bits per heavy atom. The fraction of sp³-hybridized carbons (Fsp3) is 0.684. The molecule has 4 heteroatoms. The highest BCUT2D eigenvalue weighted by molar-refractivity contribution is 6.32. The second-order valence-corrected chi connectivity index (χ2v) is 7.14. The Morgan fingerprint density at radius 1 is 1.26 bits per heavy atom. The number of halogens is 1. The Balaban J connectivity index is 1.60. The average Bonchev–Trinajstić information content (AvgIpc) is 3.39. The van der Waals surface area contributed by atoms with Crippen molar-refractivity contribution in [2.45, 2.75) is 39.0 Å². The standard InChI is InChI=1S/C19H28ClNO2/c1-2-15-12-17(4-3-7-21-8-10-22-11-9-21)19(18(20)13-15)23-14-16-5-6-16/h12-13,16H,2-11,14H2,1H3. The summed E-state index contributed by atoms with van der Waals surface area (Å²) in [7, 11) is 0. The predicted molar refractivity (Wildman–Crippen MR) is 94.6 cm³/mol. The summed E-state index contributed by atoms with van der Waals surface area (Å²) in [5.74, 6) is 1.68. The molecular weight excluding hydrogens is 310 g/mol. The van der Waals surface area contributed by atoms with Gasteiger partial charge in [-0.3, -0.25) is 4.90 Å². The molecule has 0 spiro atoms. The summed E-state index contributed by atoms with van der Waals surface area (Å²) in [6.07, 6.45) is 5.79. The molecule has 128 valence electrons. The molecule has 23 heavy (non-hydrogen) atoms. The molecule has 1 aliphatic heterocycles. The first-order chi connectivity index (χ1) is 11.3. The highest BCUT2D eigenvalue weighted by Gasteiger charge is 2.23. The molecule has 1 aromatic carbocycles. The Bertz CT molecular complexity index is 510. The normalized spacial score (nSPS) is 19.0. The fourth-order valence-corrected chi connectivity index (χ4v) is 3.38. The third kappa shape index (κ3) is 5.10. The molecule has 3 nitrogen and oxygen atoms in total. The van der Waals surface area contributed by atoms with E-state index in [-0.39, 0.29) is 0 Å². The molecule has 0 bridgehead atoms. The van der Waals surface area contributed by atoms with E-state index in [2.05, 4.69) is 24.0 Å². The van der Waals surface area contributed by atoms with Crippen molar-refractivity contribution in [1.82, 2.24) is 4.90 Å². The van der Waals surface area contributed by atoms with Crippen LogP contribution in [0, 0.1) is 5.92 Å². The highest BCUT2D eigenvalue weighted by Crippen LogP contribution is 2.35. The smallest absolute Gasteiger partial charge is 0.141 e. The molecule has 0 atom stereocenters.